The van der Waals surface area contributed by atoms with Gasteiger partial charge in [-0.25, -0.2) is 10.2 Å². The third-order valence-electron chi connectivity index (χ3n) is 4.45. The summed E-state index contributed by atoms with van der Waals surface area (Å²) in [5, 5.41) is 4.47. The first-order valence-corrected chi connectivity index (χ1v) is 8.19. The van der Waals surface area contributed by atoms with Crippen LogP contribution < -0.4 is 16.1 Å². The Labute approximate surface area is 149 Å². The topological polar surface area (TPSA) is 105 Å². The molecule has 1 heterocycles. The largest absolute Gasteiger partial charge is 0.350 e. The van der Waals surface area contributed by atoms with Gasteiger partial charge in [0, 0.05) is 5.03 Å². The summed E-state index contributed by atoms with van der Waals surface area (Å²) in [4.78, 5) is 37.2. The number of nitrogens with zero attached hydrogens (tertiary/aromatic N) is 2. The zero-order valence-electron chi connectivity index (χ0n) is 13.5. The van der Waals surface area contributed by atoms with Gasteiger partial charge in [-0.15, -0.1) is 0 Å². The van der Waals surface area contributed by atoms with E-state index in [1.807, 2.05) is 6.08 Å². The lowest BCUT2D eigenvalue weighted by molar-refractivity contribution is -0.122. The number of benzene rings is 1. The van der Waals surface area contributed by atoms with Gasteiger partial charge in [-0.05, 0) is 37.5 Å². The number of hydrazone groups is 1. The van der Waals surface area contributed by atoms with Gasteiger partial charge in [-0.2, -0.15) is 5.10 Å². The van der Waals surface area contributed by atoms with Crippen molar-refractivity contribution >= 4 is 40.8 Å². The van der Waals surface area contributed by atoms with Gasteiger partial charge >= 0.3 is 6.03 Å². The van der Waals surface area contributed by atoms with Gasteiger partial charge in [0.25, 0.3) is 0 Å². The van der Waals surface area contributed by atoms with Crippen LogP contribution in [-0.4, -0.2) is 23.6 Å². The molecular formula is C17H17ClN4O3. The van der Waals surface area contributed by atoms with Crippen LogP contribution in [0.25, 0.3) is 0 Å². The van der Waals surface area contributed by atoms with E-state index in [1.54, 1.807) is 31.2 Å². The molecule has 1 fully saturated rings. The Bertz CT molecular complexity index is 801. The minimum Gasteiger partial charge on any atom is -0.350 e. The van der Waals surface area contributed by atoms with Crippen LogP contribution in [0.15, 0.2) is 40.5 Å². The van der Waals surface area contributed by atoms with Crippen LogP contribution in [0.5, 0.6) is 0 Å². The Kier molecular flexibility index (Phi) is 4.59. The summed E-state index contributed by atoms with van der Waals surface area (Å²) in [6.45, 7) is 1.71. The van der Waals surface area contributed by atoms with Gasteiger partial charge in [0.05, 0.1) is 23.2 Å². The number of hydrogen-bond donors (Lipinski definition) is 2. The highest BCUT2D eigenvalue weighted by molar-refractivity contribution is 6.30. The van der Waals surface area contributed by atoms with Crippen molar-refractivity contribution in [2.24, 2.45) is 22.7 Å². The molecule has 4 amide bonds. The number of nitrogens with one attached hydrogen (secondary N) is 1. The van der Waals surface area contributed by atoms with Crippen molar-refractivity contribution in [1.82, 2.24) is 5.43 Å². The molecule has 0 spiro atoms. The SMILES string of the molecule is CC(=NNC(N)=O)c1ccc(N2C(=O)[C@H]3CC=C(Cl)C[C@@H]3C2=O)cc1. The number of fused-ring (bicyclic) bond motifs is 1. The molecule has 1 aliphatic heterocycles. The number of hydrogen-bond acceptors (Lipinski definition) is 4. The fourth-order valence-electron chi connectivity index (χ4n) is 3.14. The number of urea groups is 1. The standard InChI is InChI=1S/C17H17ClN4O3/c1-9(20-21-17(19)25)10-2-5-12(6-3-10)22-15(23)13-7-4-11(18)8-14(13)16(22)24/h2-6,13-14H,7-8H2,1H3,(H3,19,21,25)/t13-,14-/m0/s1. The lowest BCUT2D eigenvalue weighted by atomic mass is 9.85. The van der Waals surface area contributed by atoms with E-state index in [1.165, 1.54) is 4.90 Å². The van der Waals surface area contributed by atoms with Gasteiger partial charge in [-0.3, -0.25) is 14.5 Å². The zero-order chi connectivity index (χ0) is 18.1. The fourth-order valence-corrected chi connectivity index (χ4v) is 3.39. The molecule has 1 saturated heterocycles. The van der Waals surface area contributed by atoms with Gasteiger partial charge in [0.2, 0.25) is 11.8 Å². The molecule has 1 aromatic carbocycles. The van der Waals surface area contributed by atoms with Crippen molar-refractivity contribution in [3.05, 3.63) is 40.9 Å². The number of carbonyl (C=O) groups excluding carboxylic acids is 3. The number of allylic oxidation sites excluding steroid dienone is 2. The maximum Gasteiger partial charge on any atom is 0.332 e. The van der Waals surface area contributed by atoms with E-state index in [0.29, 0.717) is 29.3 Å². The van der Waals surface area contributed by atoms with E-state index < -0.39 is 6.03 Å². The number of carbonyl (C=O) groups is 3. The molecule has 1 aromatic rings. The number of halogens is 1. The van der Waals surface area contributed by atoms with Gasteiger partial charge < -0.3 is 5.73 Å². The predicted octanol–water partition coefficient (Wildman–Crippen LogP) is 2.10. The number of amides is 4. The summed E-state index contributed by atoms with van der Waals surface area (Å²) in [6.07, 6.45) is 2.72. The summed E-state index contributed by atoms with van der Waals surface area (Å²) in [6, 6.07) is 6.07. The highest BCUT2D eigenvalue weighted by Crippen LogP contribution is 2.40. The normalized spacial score (nSPS) is 23.4. The highest BCUT2D eigenvalue weighted by atomic mass is 35.5. The quantitative estimate of drug-likeness (QED) is 0.490. The maximum atomic E-state index is 12.6. The molecule has 0 aromatic heterocycles. The molecule has 7 nitrogen and oxygen atoms in total. The van der Waals surface area contributed by atoms with E-state index in [-0.39, 0.29) is 23.7 Å². The molecular weight excluding hydrogens is 344 g/mol. The number of rotatable bonds is 3. The van der Waals surface area contributed by atoms with Crippen LogP contribution in [0.3, 0.4) is 0 Å². The molecule has 2 aliphatic rings. The molecule has 0 saturated carbocycles. The summed E-state index contributed by atoms with van der Waals surface area (Å²) >= 11 is 6.02. The Balaban J connectivity index is 1.81. The third kappa shape index (κ3) is 3.28. The van der Waals surface area contributed by atoms with Crippen LogP contribution in [0.1, 0.15) is 25.3 Å². The molecule has 130 valence electrons. The molecule has 0 radical (unpaired) electrons. The lowest BCUT2D eigenvalue weighted by Gasteiger charge is -2.17. The Morgan fingerprint density at radius 2 is 1.88 bits per heavy atom. The monoisotopic (exact) mass is 360 g/mol. The molecule has 25 heavy (non-hydrogen) atoms. The predicted molar refractivity (Wildman–Crippen MR) is 94.0 cm³/mol. The van der Waals surface area contributed by atoms with Gasteiger partial charge in [0.15, 0.2) is 0 Å². The number of imide groups is 1. The van der Waals surface area contributed by atoms with Crippen LogP contribution in [0, 0.1) is 11.8 Å². The molecule has 0 unspecified atom stereocenters. The number of anilines is 1. The number of primary amides is 1. The van der Waals surface area contributed by atoms with E-state index in [9.17, 15) is 14.4 Å². The molecule has 2 atom stereocenters. The van der Waals surface area contributed by atoms with E-state index >= 15 is 0 Å². The van der Waals surface area contributed by atoms with Crippen molar-refractivity contribution in [2.75, 3.05) is 4.90 Å². The zero-order valence-corrected chi connectivity index (χ0v) is 14.3. The first-order valence-electron chi connectivity index (χ1n) is 7.81. The van der Waals surface area contributed by atoms with E-state index in [4.69, 9.17) is 17.3 Å². The first kappa shape index (κ1) is 17.2. The molecule has 0 bridgehead atoms. The van der Waals surface area contributed by atoms with Crippen LogP contribution in [0.4, 0.5) is 10.5 Å². The second-order valence-corrected chi connectivity index (χ2v) is 6.52. The third-order valence-corrected chi connectivity index (χ3v) is 4.75. The first-order chi connectivity index (χ1) is 11.9. The van der Waals surface area contributed by atoms with E-state index in [0.717, 1.165) is 5.56 Å². The van der Waals surface area contributed by atoms with Crippen molar-refractivity contribution < 1.29 is 14.4 Å². The van der Waals surface area contributed by atoms with Gasteiger partial charge in [-0.1, -0.05) is 29.8 Å². The average Bonchev–Trinajstić information content (AvgIpc) is 2.83. The maximum absolute atomic E-state index is 12.6. The average molecular weight is 361 g/mol. The van der Waals surface area contributed by atoms with Crippen molar-refractivity contribution in [3.8, 4) is 0 Å². The molecule has 3 N–H and O–H groups in total. The number of nitrogens with two attached hydrogens (primary N) is 1. The smallest absolute Gasteiger partial charge is 0.332 e. The van der Waals surface area contributed by atoms with Crippen molar-refractivity contribution in [1.29, 1.82) is 0 Å². The van der Waals surface area contributed by atoms with Crippen LogP contribution >= 0.6 is 11.6 Å². The summed E-state index contributed by atoms with van der Waals surface area (Å²) in [5.41, 5.74) is 8.93. The second-order valence-electron chi connectivity index (χ2n) is 6.04. The van der Waals surface area contributed by atoms with Crippen molar-refractivity contribution in [2.45, 2.75) is 19.8 Å². The molecule has 8 heteroatoms. The Morgan fingerprint density at radius 1 is 1.24 bits per heavy atom. The van der Waals surface area contributed by atoms with Crippen LogP contribution in [-0.2, 0) is 9.59 Å². The highest BCUT2D eigenvalue weighted by Gasteiger charge is 2.48. The summed E-state index contributed by atoms with van der Waals surface area (Å²) in [7, 11) is 0. The minimum atomic E-state index is -0.751. The lowest BCUT2D eigenvalue weighted by Crippen LogP contribution is -2.30. The molecule has 3 rings (SSSR count). The summed E-state index contributed by atoms with van der Waals surface area (Å²) in [5.74, 6) is -1.12. The van der Waals surface area contributed by atoms with Crippen LogP contribution in [0.2, 0.25) is 0 Å². The summed E-state index contributed by atoms with van der Waals surface area (Å²) < 4.78 is 0. The fraction of sp³-hybridized carbons (Fsp3) is 0.294. The Morgan fingerprint density at radius 3 is 2.52 bits per heavy atom. The molecule has 1 aliphatic carbocycles. The van der Waals surface area contributed by atoms with Gasteiger partial charge in [0.1, 0.15) is 0 Å². The van der Waals surface area contributed by atoms with Crippen molar-refractivity contribution in [3.63, 3.8) is 0 Å². The second kappa shape index (κ2) is 6.68. The minimum absolute atomic E-state index is 0.191. The van der Waals surface area contributed by atoms with E-state index in [2.05, 4.69) is 10.5 Å². The Hall–Kier alpha value is -2.67.